The predicted octanol–water partition coefficient (Wildman–Crippen LogP) is 29.2. The van der Waals surface area contributed by atoms with E-state index in [1.165, 1.54) is 142 Å². The molecule has 107 heavy (non-hydrogen) atoms. The molecule has 0 saturated heterocycles. The molecule has 1 aliphatic rings. The van der Waals surface area contributed by atoms with Crippen molar-refractivity contribution in [2.75, 3.05) is 0 Å². The lowest BCUT2D eigenvalue weighted by Gasteiger charge is -2.29. The lowest BCUT2D eigenvalue weighted by molar-refractivity contribution is 0.661. The summed E-state index contributed by atoms with van der Waals surface area (Å²) in [4.78, 5) is 0. The van der Waals surface area contributed by atoms with E-state index >= 15 is 0 Å². The van der Waals surface area contributed by atoms with Crippen LogP contribution in [0.4, 0.5) is 0 Å². The highest BCUT2D eigenvalue weighted by atomic mass is 16.3. The van der Waals surface area contributed by atoms with Gasteiger partial charge in [0, 0.05) is 32.6 Å². The smallest absolute Gasteiger partial charge is 0.136 e. The number of para-hydroxylation sites is 2. The van der Waals surface area contributed by atoms with Crippen LogP contribution >= 0.6 is 0 Å². The molecule has 498 valence electrons. The van der Waals surface area contributed by atoms with Crippen molar-refractivity contribution in [2.45, 2.75) is 19.3 Å². The Balaban J connectivity index is 0.920. The fourth-order valence-corrected chi connectivity index (χ4v) is 19.0. The zero-order valence-electron chi connectivity index (χ0n) is 59.1. The van der Waals surface area contributed by atoms with E-state index in [0.717, 1.165) is 83.3 Å². The van der Waals surface area contributed by atoms with Crippen molar-refractivity contribution in [1.82, 2.24) is 4.57 Å². The first kappa shape index (κ1) is 60.9. The molecule has 1 aliphatic carbocycles. The third-order valence-electron chi connectivity index (χ3n) is 23.5. The molecule has 0 fully saturated rings. The van der Waals surface area contributed by atoms with Crippen molar-refractivity contribution in [1.29, 1.82) is 0 Å². The molecule has 0 unspecified atom stereocenters. The van der Waals surface area contributed by atoms with Gasteiger partial charge in [0.05, 0.1) is 11.0 Å². The maximum Gasteiger partial charge on any atom is 0.136 e. The Kier molecular flexibility index (Phi) is 13.5. The summed E-state index contributed by atoms with van der Waals surface area (Å²) in [5.41, 5.74) is 31.3. The molecule has 2 heteroatoms. The number of hydrogen-bond acceptors (Lipinski definition) is 1. The normalized spacial score (nSPS) is 12.7. The first-order valence-corrected chi connectivity index (χ1v) is 37.3. The average Bonchev–Trinajstić information content (AvgIpc) is 1.30. The van der Waals surface area contributed by atoms with E-state index in [4.69, 9.17) is 4.42 Å². The minimum absolute atomic E-state index is 0.172. The Labute approximate surface area is 619 Å². The standard InChI is InChI=1S/C105H67NO/c1-105(2)85-51-24-21-44-75(85)83-62-84-76-45-22-25-52-87(76)106(88(84)63-86(83)105)74-57-54-70(55-58-74)94-93(66-34-13-5-14-35-66)98(73-43-27-42-71(60-73)72-56-59-78-77-46-23-26-53-89(77)107-90(78)61-72)104-82-50-29-48-80-100(82)99-79(47-28-49-81(99)103(104)97(94)69-40-19-8-20-41-69)101-95(67-36-15-6-16-37-67)91(64-30-9-3-10-31-64)92(65-32-11-4-12-33-65)96(102(80)101)68-38-17-7-18-39-68/h3-63H,1-2H3. The Bertz CT molecular complexity index is 7190. The molecule has 2 nitrogen and oxygen atoms in total. The van der Waals surface area contributed by atoms with Gasteiger partial charge in [0.2, 0.25) is 0 Å². The van der Waals surface area contributed by atoms with Crippen LogP contribution in [0.1, 0.15) is 25.0 Å². The van der Waals surface area contributed by atoms with Crippen LogP contribution in [0.3, 0.4) is 0 Å². The predicted molar refractivity (Wildman–Crippen MR) is 453 cm³/mol. The first-order valence-electron chi connectivity index (χ1n) is 37.3. The Morgan fingerprint density at radius 1 is 0.206 bits per heavy atom. The summed E-state index contributed by atoms with van der Waals surface area (Å²) in [6, 6.07) is 139. The van der Waals surface area contributed by atoms with Gasteiger partial charge < -0.3 is 8.98 Å². The molecule has 0 aliphatic heterocycles. The summed E-state index contributed by atoms with van der Waals surface area (Å²) >= 11 is 0. The highest BCUT2D eigenvalue weighted by Gasteiger charge is 2.37. The molecule has 22 rings (SSSR count). The van der Waals surface area contributed by atoms with E-state index in [-0.39, 0.29) is 5.41 Å². The summed E-state index contributed by atoms with van der Waals surface area (Å²) < 4.78 is 9.18. The summed E-state index contributed by atoms with van der Waals surface area (Å²) in [6.07, 6.45) is 0. The molecule has 2 heterocycles. The number of fused-ring (bicyclic) bond motifs is 15. The number of rotatable bonds is 10. The van der Waals surface area contributed by atoms with Gasteiger partial charge in [0.25, 0.3) is 0 Å². The molecule has 2 aromatic heterocycles. The van der Waals surface area contributed by atoms with Crippen LogP contribution in [0.5, 0.6) is 0 Å². The molecule has 19 aromatic carbocycles. The van der Waals surface area contributed by atoms with Crippen LogP contribution in [0.25, 0.3) is 215 Å². The quantitative estimate of drug-likeness (QED) is 0.0986. The van der Waals surface area contributed by atoms with E-state index < -0.39 is 0 Å². The van der Waals surface area contributed by atoms with Crippen LogP contribution < -0.4 is 0 Å². The highest BCUT2D eigenvalue weighted by Crippen LogP contribution is 2.61. The third kappa shape index (κ3) is 9.06. The summed E-state index contributed by atoms with van der Waals surface area (Å²) in [7, 11) is 0. The largest absolute Gasteiger partial charge is 0.456 e. The fourth-order valence-electron chi connectivity index (χ4n) is 19.0. The Morgan fingerprint density at radius 3 is 1.08 bits per heavy atom. The molecule has 0 bridgehead atoms. The second kappa shape index (κ2) is 23.7. The molecule has 21 aromatic rings. The van der Waals surface area contributed by atoms with Crippen LogP contribution in [0.15, 0.2) is 374 Å². The summed E-state index contributed by atoms with van der Waals surface area (Å²) in [5.74, 6) is 0. The van der Waals surface area contributed by atoms with Crippen molar-refractivity contribution in [3.8, 4) is 117 Å². The topological polar surface area (TPSA) is 18.1 Å². The molecule has 0 N–H and O–H groups in total. The minimum atomic E-state index is -0.172. The number of furan rings is 1. The van der Waals surface area contributed by atoms with Gasteiger partial charge >= 0.3 is 0 Å². The molecular weight excluding hydrogens is 1290 g/mol. The fraction of sp³-hybridized carbons (Fsp3) is 0.0286. The average molecular weight is 1360 g/mol. The number of nitrogens with zero attached hydrogens (tertiary/aromatic N) is 1. The van der Waals surface area contributed by atoms with Crippen molar-refractivity contribution in [2.24, 2.45) is 0 Å². The van der Waals surface area contributed by atoms with Gasteiger partial charge in [0.1, 0.15) is 11.2 Å². The van der Waals surface area contributed by atoms with Crippen LogP contribution in [-0.4, -0.2) is 4.57 Å². The first-order chi connectivity index (χ1) is 52.9. The number of benzene rings is 19. The van der Waals surface area contributed by atoms with Crippen molar-refractivity contribution >= 4 is 97.6 Å². The lowest BCUT2D eigenvalue weighted by atomic mass is 9.73. The second-order valence-electron chi connectivity index (χ2n) is 29.5. The van der Waals surface area contributed by atoms with Gasteiger partial charge in [-0.15, -0.1) is 0 Å². The van der Waals surface area contributed by atoms with Gasteiger partial charge in [-0.1, -0.05) is 329 Å². The van der Waals surface area contributed by atoms with E-state index in [1.54, 1.807) is 0 Å². The van der Waals surface area contributed by atoms with Gasteiger partial charge in [-0.2, -0.15) is 0 Å². The molecular formula is C105H67NO. The molecule has 0 spiro atoms. The maximum absolute atomic E-state index is 6.67. The second-order valence-corrected chi connectivity index (χ2v) is 29.5. The van der Waals surface area contributed by atoms with Crippen molar-refractivity contribution < 1.29 is 4.42 Å². The van der Waals surface area contributed by atoms with E-state index in [1.807, 2.05) is 0 Å². The van der Waals surface area contributed by atoms with Gasteiger partial charge in [-0.05, 0) is 231 Å². The molecule has 0 atom stereocenters. The third-order valence-corrected chi connectivity index (χ3v) is 23.5. The molecule has 0 saturated carbocycles. The van der Waals surface area contributed by atoms with Gasteiger partial charge in [0.15, 0.2) is 0 Å². The van der Waals surface area contributed by atoms with Crippen LogP contribution in [-0.2, 0) is 5.41 Å². The molecule has 0 amide bonds. The zero-order chi connectivity index (χ0) is 70.6. The van der Waals surface area contributed by atoms with Gasteiger partial charge in [-0.25, -0.2) is 0 Å². The molecule has 0 radical (unpaired) electrons. The maximum atomic E-state index is 6.67. The van der Waals surface area contributed by atoms with E-state index in [0.29, 0.717) is 0 Å². The number of aromatic nitrogens is 1. The SMILES string of the molecule is CC1(C)c2ccccc2-c2cc3c4ccccc4n(-c4ccc(-c5c(-c6ccccc6)c(-c6cccc(-c7ccc8c(c7)oc7ccccc78)c6)c6c7cccc8c9c(-c%10ccccc%10)c(-c%10ccccc%10)c(-c%10ccccc%10)c(-c%10ccccc%10)c9c9cccc(c6c5-c5ccccc5)c9c87)cc4)c3cc21. The zero-order valence-corrected chi connectivity index (χ0v) is 59.1. The lowest BCUT2D eigenvalue weighted by Crippen LogP contribution is -2.14. The van der Waals surface area contributed by atoms with E-state index in [9.17, 15) is 0 Å². The van der Waals surface area contributed by atoms with Crippen LogP contribution in [0.2, 0.25) is 0 Å². The minimum Gasteiger partial charge on any atom is -0.456 e. The Morgan fingerprint density at radius 2 is 0.570 bits per heavy atom. The number of hydrogen-bond donors (Lipinski definition) is 0. The van der Waals surface area contributed by atoms with E-state index in [2.05, 4.69) is 388 Å². The van der Waals surface area contributed by atoms with Crippen LogP contribution in [0, 0.1) is 0 Å². The van der Waals surface area contributed by atoms with Crippen molar-refractivity contribution in [3.05, 3.63) is 381 Å². The van der Waals surface area contributed by atoms with Crippen molar-refractivity contribution in [3.63, 3.8) is 0 Å². The Hall–Kier alpha value is -13.7. The monoisotopic (exact) mass is 1360 g/mol. The van der Waals surface area contributed by atoms with Gasteiger partial charge in [-0.3, -0.25) is 0 Å². The highest BCUT2D eigenvalue weighted by molar-refractivity contribution is 6.46. The summed E-state index contributed by atoms with van der Waals surface area (Å²) in [6.45, 7) is 4.78. The summed E-state index contributed by atoms with van der Waals surface area (Å²) in [5, 5.41) is 16.9.